The monoisotopic (exact) mass is 410 g/mol. The highest BCUT2D eigenvalue weighted by molar-refractivity contribution is 8.02. The van der Waals surface area contributed by atoms with Crippen LogP contribution in [0.4, 0.5) is 4.79 Å². The van der Waals surface area contributed by atoms with Gasteiger partial charge in [0.15, 0.2) is 10.4 Å². The predicted molar refractivity (Wildman–Crippen MR) is 109 cm³/mol. The minimum Gasteiger partial charge on any atom is -0.450 e. The van der Waals surface area contributed by atoms with Crippen molar-refractivity contribution in [3.05, 3.63) is 24.3 Å². The summed E-state index contributed by atoms with van der Waals surface area (Å²) < 4.78 is 6.60. The van der Waals surface area contributed by atoms with Gasteiger partial charge in [-0.2, -0.15) is 0 Å². The van der Waals surface area contributed by atoms with Crippen LogP contribution in [0.5, 0.6) is 0 Å². The lowest BCUT2D eigenvalue weighted by Gasteiger charge is -2.33. The molecule has 2 aromatic rings. The standard InChI is InChI=1S/C19H26N2O4S2/c1-4-6-9-12-19(5-2,21-16(22)13(3)25-18(23)24)27-17-20-14-10-7-8-11-15(14)26-17/h7-8,10-11,13H,4-6,9,12H2,1-3H3,(H,21,22)(H,23,24). The maximum Gasteiger partial charge on any atom is 0.506 e. The van der Waals surface area contributed by atoms with E-state index in [4.69, 9.17) is 5.11 Å². The smallest absolute Gasteiger partial charge is 0.450 e. The Morgan fingerprint density at radius 1 is 1.33 bits per heavy atom. The Bertz CT molecular complexity index is 747. The maximum absolute atomic E-state index is 12.5. The van der Waals surface area contributed by atoms with Crippen molar-refractivity contribution in [2.75, 3.05) is 0 Å². The third-order valence-electron chi connectivity index (χ3n) is 4.31. The molecule has 0 fully saturated rings. The number of benzene rings is 1. The lowest BCUT2D eigenvalue weighted by atomic mass is 10.0. The minimum absolute atomic E-state index is 0.427. The number of carbonyl (C=O) groups is 2. The highest BCUT2D eigenvalue weighted by Crippen LogP contribution is 2.41. The van der Waals surface area contributed by atoms with Gasteiger partial charge < -0.3 is 15.2 Å². The summed E-state index contributed by atoms with van der Waals surface area (Å²) in [4.78, 5) is 27.4. The Balaban J connectivity index is 2.21. The fourth-order valence-corrected chi connectivity index (χ4v) is 5.36. The highest BCUT2D eigenvalue weighted by Gasteiger charge is 2.34. The van der Waals surface area contributed by atoms with Gasteiger partial charge >= 0.3 is 6.16 Å². The molecule has 1 aromatic heterocycles. The summed E-state index contributed by atoms with van der Waals surface area (Å²) in [7, 11) is 0. The molecule has 1 aromatic carbocycles. The Hall–Kier alpha value is -1.80. The molecule has 0 saturated heterocycles. The average Bonchev–Trinajstić information content (AvgIpc) is 3.03. The molecule has 148 valence electrons. The zero-order valence-corrected chi connectivity index (χ0v) is 17.5. The molecule has 2 rings (SSSR count). The molecule has 0 saturated carbocycles. The number of hydrogen-bond donors (Lipinski definition) is 2. The van der Waals surface area contributed by atoms with E-state index in [9.17, 15) is 9.59 Å². The van der Waals surface area contributed by atoms with Crippen molar-refractivity contribution in [2.24, 2.45) is 0 Å². The molecule has 27 heavy (non-hydrogen) atoms. The molecule has 8 heteroatoms. The van der Waals surface area contributed by atoms with Crippen LogP contribution >= 0.6 is 23.1 Å². The summed E-state index contributed by atoms with van der Waals surface area (Å²) in [5, 5.41) is 11.8. The van der Waals surface area contributed by atoms with Crippen LogP contribution in [0.25, 0.3) is 10.2 Å². The summed E-state index contributed by atoms with van der Waals surface area (Å²) in [5.41, 5.74) is 0.942. The predicted octanol–water partition coefficient (Wildman–Crippen LogP) is 5.27. The van der Waals surface area contributed by atoms with E-state index in [0.29, 0.717) is 6.42 Å². The van der Waals surface area contributed by atoms with Crippen molar-refractivity contribution >= 4 is 45.4 Å². The average molecular weight is 411 g/mol. The van der Waals surface area contributed by atoms with Crippen LogP contribution in [0.15, 0.2) is 28.6 Å². The molecule has 1 heterocycles. The van der Waals surface area contributed by atoms with Crippen molar-refractivity contribution in [3.8, 4) is 0 Å². The third-order valence-corrected chi connectivity index (χ3v) is 6.89. The Morgan fingerprint density at radius 2 is 2.07 bits per heavy atom. The molecule has 0 radical (unpaired) electrons. The zero-order chi connectivity index (χ0) is 19.9. The number of carbonyl (C=O) groups excluding carboxylic acids is 1. The van der Waals surface area contributed by atoms with E-state index < -0.39 is 23.0 Å². The van der Waals surface area contributed by atoms with Crippen LogP contribution < -0.4 is 5.32 Å². The van der Waals surface area contributed by atoms with Crippen molar-refractivity contribution in [1.82, 2.24) is 10.3 Å². The van der Waals surface area contributed by atoms with Gasteiger partial charge in [-0.25, -0.2) is 9.78 Å². The zero-order valence-electron chi connectivity index (χ0n) is 15.9. The van der Waals surface area contributed by atoms with Crippen LogP contribution in [0.2, 0.25) is 0 Å². The summed E-state index contributed by atoms with van der Waals surface area (Å²) in [6.07, 6.45) is 2.08. The van der Waals surface area contributed by atoms with Crippen molar-refractivity contribution < 1.29 is 19.4 Å². The van der Waals surface area contributed by atoms with Crippen LogP contribution in [-0.2, 0) is 9.53 Å². The molecule has 2 atom stereocenters. The van der Waals surface area contributed by atoms with E-state index in [0.717, 1.165) is 40.2 Å². The molecule has 0 spiro atoms. The van der Waals surface area contributed by atoms with Gasteiger partial charge in [-0.3, -0.25) is 4.79 Å². The number of nitrogens with one attached hydrogen (secondary N) is 1. The van der Waals surface area contributed by atoms with Gasteiger partial charge in [-0.05, 0) is 31.9 Å². The van der Waals surface area contributed by atoms with E-state index in [1.807, 2.05) is 31.2 Å². The second-order valence-electron chi connectivity index (χ2n) is 6.37. The Morgan fingerprint density at radius 3 is 2.70 bits per heavy atom. The molecule has 1 amide bonds. The number of amides is 1. The first-order valence-electron chi connectivity index (χ1n) is 9.15. The first-order valence-corrected chi connectivity index (χ1v) is 10.8. The number of ether oxygens (including phenoxy) is 1. The lowest BCUT2D eigenvalue weighted by Crippen LogP contribution is -2.49. The van der Waals surface area contributed by atoms with E-state index >= 15 is 0 Å². The van der Waals surface area contributed by atoms with Gasteiger partial charge in [0.25, 0.3) is 5.91 Å². The van der Waals surface area contributed by atoms with Crippen LogP contribution in [0.1, 0.15) is 52.9 Å². The van der Waals surface area contributed by atoms with E-state index in [1.165, 1.54) is 6.92 Å². The molecule has 0 aliphatic heterocycles. The molecule has 0 aliphatic rings. The number of unbranched alkanes of at least 4 members (excludes halogenated alkanes) is 2. The number of thioether (sulfide) groups is 1. The molecule has 2 unspecified atom stereocenters. The minimum atomic E-state index is -1.45. The van der Waals surface area contributed by atoms with Gasteiger partial charge in [0.05, 0.1) is 15.1 Å². The number of rotatable bonds is 10. The van der Waals surface area contributed by atoms with Crippen molar-refractivity contribution in [3.63, 3.8) is 0 Å². The van der Waals surface area contributed by atoms with Crippen molar-refractivity contribution in [1.29, 1.82) is 0 Å². The fourth-order valence-electron chi connectivity index (χ4n) is 2.73. The number of para-hydroxylation sites is 1. The molecular formula is C19H26N2O4S2. The normalized spacial score (nSPS) is 14.5. The number of nitrogens with zero attached hydrogens (tertiary/aromatic N) is 1. The number of carboxylic acid groups (broad SMARTS) is 1. The molecule has 0 bridgehead atoms. The van der Waals surface area contributed by atoms with E-state index in [-0.39, 0.29) is 0 Å². The third kappa shape index (κ3) is 6.10. The van der Waals surface area contributed by atoms with Gasteiger partial charge in [-0.1, -0.05) is 57.0 Å². The lowest BCUT2D eigenvalue weighted by molar-refractivity contribution is -0.130. The molecular weight excluding hydrogens is 384 g/mol. The molecule has 0 aliphatic carbocycles. The first kappa shape index (κ1) is 21.5. The summed E-state index contributed by atoms with van der Waals surface area (Å²) in [5.74, 6) is -0.427. The number of thiazole rings is 1. The van der Waals surface area contributed by atoms with Crippen molar-refractivity contribution in [2.45, 2.75) is 68.2 Å². The Kier molecular flexibility index (Phi) is 7.91. The van der Waals surface area contributed by atoms with Gasteiger partial charge in [0.2, 0.25) is 0 Å². The summed E-state index contributed by atoms with van der Waals surface area (Å²) in [6.45, 7) is 5.60. The SMILES string of the molecule is CCCCCC(CC)(NC(=O)C(C)OC(=O)O)Sc1nc2ccccc2s1. The van der Waals surface area contributed by atoms with E-state index in [2.05, 4.69) is 22.0 Å². The van der Waals surface area contributed by atoms with Crippen LogP contribution in [0, 0.1) is 0 Å². The quantitative estimate of drug-likeness (QED) is 0.240. The topological polar surface area (TPSA) is 88.5 Å². The Labute approximate surface area is 167 Å². The van der Waals surface area contributed by atoms with Crippen LogP contribution in [-0.4, -0.2) is 33.1 Å². The van der Waals surface area contributed by atoms with Gasteiger partial charge in [0.1, 0.15) is 0 Å². The number of fused-ring (bicyclic) bond motifs is 1. The maximum atomic E-state index is 12.5. The number of hydrogen-bond acceptors (Lipinski definition) is 6. The van der Waals surface area contributed by atoms with Gasteiger partial charge in [0, 0.05) is 0 Å². The van der Waals surface area contributed by atoms with E-state index in [1.54, 1.807) is 23.1 Å². The molecule has 2 N–H and O–H groups in total. The first-order chi connectivity index (χ1) is 12.9. The van der Waals surface area contributed by atoms with Gasteiger partial charge in [-0.15, -0.1) is 11.3 Å². The second kappa shape index (κ2) is 9.94. The largest absolute Gasteiger partial charge is 0.506 e. The summed E-state index contributed by atoms with van der Waals surface area (Å²) in [6, 6.07) is 7.94. The molecule has 6 nitrogen and oxygen atoms in total. The second-order valence-corrected chi connectivity index (χ2v) is 9.03. The fraction of sp³-hybridized carbons (Fsp3) is 0.526. The van der Waals surface area contributed by atoms with Crippen LogP contribution in [0.3, 0.4) is 0 Å². The summed E-state index contributed by atoms with van der Waals surface area (Å²) >= 11 is 3.15. The number of aromatic nitrogens is 1. The highest BCUT2D eigenvalue weighted by atomic mass is 32.2.